The number of piperidine rings is 1. The lowest BCUT2D eigenvalue weighted by Crippen LogP contribution is -2.56. The second-order valence-electron chi connectivity index (χ2n) is 9.14. The first kappa shape index (κ1) is 22.4. The minimum Gasteiger partial charge on any atom is -0.497 e. The summed E-state index contributed by atoms with van der Waals surface area (Å²) in [6.07, 6.45) is 11.2. The second kappa shape index (κ2) is 9.78. The Morgan fingerprint density at radius 1 is 1.38 bits per heavy atom. The van der Waals surface area contributed by atoms with Gasteiger partial charge in [0.1, 0.15) is 11.5 Å². The van der Waals surface area contributed by atoms with Crippen LogP contribution in [0.15, 0.2) is 59.7 Å². The maximum absolute atomic E-state index is 12.7. The average Bonchev–Trinajstić information content (AvgIpc) is 3.22. The highest BCUT2D eigenvalue weighted by Gasteiger charge is 2.48. The van der Waals surface area contributed by atoms with Gasteiger partial charge in [0.15, 0.2) is 0 Å². The lowest BCUT2D eigenvalue weighted by Gasteiger charge is -2.53. The van der Waals surface area contributed by atoms with Gasteiger partial charge in [-0.15, -0.1) is 6.58 Å². The molecule has 4 rings (SSSR count). The fraction of sp³-hybridized carbons (Fsp3) is 0.444. The molecule has 1 saturated carbocycles. The summed E-state index contributed by atoms with van der Waals surface area (Å²) in [7, 11) is 1.72. The van der Waals surface area contributed by atoms with Gasteiger partial charge in [-0.1, -0.05) is 18.2 Å². The van der Waals surface area contributed by atoms with Crippen molar-refractivity contribution in [1.82, 2.24) is 10.2 Å². The summed E-state index contributed by atoms with van der Waals surface area (Å²) in [4.78, 5) is 15.2. The zero-order valence-electron chi connectivity index (χ0n) is 19.2. The monoisotopic (exact) mass is 434 g/mol. The highest BCUT2D eigenvalue weighted by molar-refractivity contribution is 5.92. The SMILES string of the molecule is C=CCN1CC[C@@]2(c3cccc(OC)c3)C[C@@H](NC(=O)C=Cc3ccoc3C)CC[C@@H]2C1. The number of ether oxygens (including phenoxy) is 1. The summed E-state index contributed by atoms with van der Waals surface area (Å²) in [6, 6.07) is 10.6. The number of amides is 1. The van der Waals surface area contributed by atoms with Crippen LogP contribution in [0.5, 0.6) is 5.75 Å². The number of furan rings is 1. The number of likely N-dealkylation sites (tertiary alicyclic amines) is 1. The van der Waals surface area contributed by atoms with Gasteiger partial charge in [0.05, 0.1) is 13.4 Å². The molecule has 2 fully saturated rings. The number of nitrogens with one attached hydrogen (secondary N) is 1. The van der Waals surface area contributed by atoms with Crippen LogP contribution in [-0.4, -0.2) is 43.6 Å². The van der Waals surface area contributed by atoms with Crippen molar-refractivity contribution in [2.75, 3.05) is 26.7 Å². The van der Waals surface area contributed by atoms with Gasteiger partial charge >= 0.3 is 0 Å². The van der Waals surface area contributed by atoms with Crippen LogP contribution in [0.2, 0.25) is 0 Å². The van der Waals surface area contributed by atoms with E-state index in [0.717, 1.165) is 62.4 Å². The molecule has 1 amide bonds. The van der Waals surface area contributed by atoms with E-state index in [9.17, 15) is 4.79 Å². The molecule has 2 aromatic rings. The summed E-state index contributed by atoms with van der Waals surface area (Å²) >= 11 is 0. The van der Waals surface area contributed by atoms with Crippen LogP contribution < -0.4 is 10.1 Å². The third-order valence-electron chi connectivity index (χ3n) is 7.30. The topological polar surface area (TPSA) is 54.7 Å². The second-order valence-corrected chi connectivity index (χ2v) is 9.14. The highest BCUT2D eigenvalue weighted by atomic mass is 16.5. The molecule has 32 heavy (non-hydrogen) atoms. The molecule has 1 saturated heterocycles. The molecule has 5 nitrogen and oxygen atoms in total. The third-order valence-corrected chi connectivity index (χ3v) is 7.30. The van der Waals surface area contributed by atoms with Gasteiger partial charge in [-0.2, -0.15) is 0 Å². The zero-order chi connectivity index (χ0) is 22.6. The number of carbonyl (C=O) groups is 1. The predicted octanol–water partition coefficient (Wildman–Crippen LogP) is 4.72. The van der Waals surface area contributed by atoms with E-state index >= 15 is 0 Å². The van der Waals surface area contributed by atoms with E-state index in [2.05, 4.69) is 35.0 Å². The molecule has 5 heteroatoms. The van der Waals surface area contributed by atoms with Gasteiger partial charge in [-0.25, -0.2) is 0 Å². The number of nitrogens with zero attached hydrogens (tertiary/aromatic N) is 1. The quantitative estimate of drug-likeness (QED) is 0.506. The van der Waals surface area contributed by atoms with Crippen LogP contribution in [0.25, 0.3) is 6.08 Å². The van der Waals surface area contributed by atoms with Crippen molar-refractivity contribution in [3.8, 4) is 5.75 Å². The Morgan fingerprint density at radius 3 is 3.00 bits per heavy atom. The first-order valence-electron chi connectivity index (χ1n) is 11.5. The minimum absolute atomic E-state index is 0.0427. The van der Waals surface area contributed by atoms with E-state index in [-0.39, 0.29) is 17.4 Å². The first-order valence-corrected chi connectivity index (χ1v) is 11.5. The van der Waals surface area contributed by atoms with Crippen LogP contribution in [-0.2, 0) is 10.2 Å². The predicted molar refractivity (Wildman–Crippen MR) is 128 cm³/mol. The number of fused-ring (bicyclic) bond motifs is 1. The molecule has 2 heterocycles. The molecule has 0 bridgehead atoms. The molecule has 1 aromatic heterocycles. The molecular weight excluding hydrogens is 400 g/mol. The van der Waals surface area contributed by atoms with Gasteiger partial charge in [0.25, 0.3) is 0 Å². The van der Waals surface area contributed by atoms with Crippen molar-refractivity contribution in [2.24, 2.45) is 5.92 Å². The van der Waals surface area contributed by atoms with Crippen molar-refractivity contribution in [3.63, 3.8) is 0 Å². The molecular formula is C27H34N2O3. The van der Waals surface area contributed by atoms with Gasteiger partial charge in [-0.3, -0.25) is 9.69 Å². The highest BCUT2D eigenvalue weighted by Crippen LogP contribution is 2.49. The number of benzene rings is 1. The minimum atomic E-state index is -0.0427. The molecule has 170 valence electrons. The Balaban J connectivity index is 1.53. The summed E-state index contributed by atoms with van der Waals surface area (Å²) in [5, 5.41) is 3.28. The van der Waals surface area contributed by atoms with Crippen molar-refractivity contribution in [2.45, 2.75) is 44.1 Å². The number of rotatable bonds is 7. The Hall–Kier alpha value is -2.79. The number of hydrogen-bond acceptors (Lipinski definition) is 4. The Labute approximate surface area is 191 Å². The van der Waals surface area contributed by atoms with Gasteiger partial charge < -0.3 is 14.5 Å². The maximum Gasteiger partial charge on any atom is 0.244 e. The maximum atomic E-state index is 12.7. The average molecular weight is 435 g/mol. The van der Waals surface area contributed by atoms with Crippen LogP contribution in [0.1, 0.15) is 42.6 Å². The lowest BCUT2D eigenvalue weighted by molar-refractivity contribution is -0.117. The molecule has 1 N–H and O–H groups in total. The zero-order valence-corrected chi connectivity index (χ0v) is 19.2. The molecule has 2 aliphatic rings. The summed E-state index contributed by atoms with van der Waals surface area (Å²) < 4.78 is 10.8. The number of methoxy groups -OCH3 is 1. The van der Waals surface area contributed by atoms with Gasteiger partial charge in [0, 0.05) is 36.2 Å². The molecule has 1 aromatic carbocycles. The van der Waals surface area contributed by atoms with Crippen LogP contribution in [0, 0.1) is 12.8 Å². The number of aryl methyl sites for hydroxylation is 1. The number of carbonyl (C=O) groups excluding carboxylic acids is 1. The molecule has 1 aliphatic carbocycles. The summed E-state index contributed by atoms with van der Waals surface area (Å²) in [6.45, 7) is 8.87. The van der Waals surface area contributed by atoms with Crippen LogP contribution in [0.4, 0.5) is 0 Å². The van der Waals surface area contributed by atoms with E-state index in [0.29, 0.717) is 5.92 Å². The fourth-order valence-corrected chi connectivity index (χ4v) is 5.60. The van der Waals surface area contributed by atoms with E-state index in [1.807, 2.05) is 31.2 Å². The molecule has 0 radical (unpaired) electrons. The molecule has 0 unspecified atom stereocenters. The van der Waals surface area contributed by atoms with Crippen LogP contribution >= 0.6 is 0 Å². The van der Waals surface area contributed by atoms with E-state index in [1.54, 1.807) is 19.4 Å². The molecule has 1 aliphatic heterocycles. The van der Waals surface area contributed by atoms with E-state index < -0.39 is 0 Å². The normalized spacial score (nSPS) is 25.9. The largest absolute Gasteiger partial charge is 0.497 e. The summed E-state index contributed by atoms with van der Waals surface area (Å²) in [5.41, 5.74) is 2.32. The van der Waals surface area contributed by atoms with Gasteiger partial charge in [-0.05, 0) is 74.9 Å². The van der Waals surface area contributed by atoms with E-state index in [1.165, 1.54) is 5.56 Å². The van der Waals surface area contributed by atoms with Crippen molar-refractivity contribution >= 4 is 12.0 Å². The van der Waals surface area contributed by atoms with Gasteiger partial charge in [0.2, 0.25) is 5.91 Å². The lowest BCUT2D eigenvalue weighted by atomic mass is 9.58. The van der Waals surface area contributed by atoms with Crippen molar-refractivity contribution in [3.05, 3.63) is 72.2 Å². The van der Waals surface area contributed by atoms with E-state index in [4.69, 9.17) is 9.15 Å². The van der Waals surface area contributed by atoms with Crippen molar-refractivity contribution in [1.29, 1.82) is 0 Å². The smallest absolute Gasteiger partial charge is 0.244 e. The Kier molecular flexibility index (Phi) is 6.85. The van der Waals surface area contributed by atoms with Crippen molar-refractivity contribution < 1.29 is 13.9 Å². The summed E-state index contributed by atoms with van der Waals surface area (Å²) in [5.74, 6) is 2.23. The standard InChI is InChI=1S/C27H34N2O3/c1-4-14-29-15-13-27(22-6-5-7-25(17-22)31-3)18-24(10-9-23(27)19-29)28-26(30)11-8-21-12-16-32-20(21)2/h4-8,11-12,16-17,23-24H,1,9-10,13-15,18-19H2,2-3H3,(H,28,30)/t23-,24+,27+/m1/s1. The first-order chi connectivity index (χ1) is 15.5. The molecule has 3 atom stereocenters. The fourth-order valence-electron chi connectivity index (χ4n) is 5.60. The molecule has 0 spiro atoms. The Bertz CT molecular complexity index is 979. The Morgan fingerprint density at radius 2 is 2.25 bits per heavy atom. The number of hydrogen-bond donors (Lipinski definition) is 1. The van der Waals surface area contributed by atoms with Crippen LogP contribution in [0.3, 0.4) is 0 Å². The third kappa shape index (κ3) is 4.68.